The van der Waals surface area contributed by atoms with Gasteiger partial charge in [0.05, 0.1) is 5.69 Å². The molecule has 0 aliphatic heterocycles. The van der Waals surface area contributed by atoms with Gasteiger partial charge in [-0.1, -0.05) is 0 Å². The molecule has 0 bridgehead atoms. The molecule has 0 fully saturated rings. The first-order chi connectivity index (χ1) is 8.20. The second-order valence-corrected chi connectivity index (χ2v) is 3.90. The third-order valence-corrected chi connectivity index (χ3v) is 2.47. The summed E-state index contributed by atoms with van der Waals surface area (Å²) in [6.07, 6.45) is 2.17. The monoisotopic (exact) mass is 252 g/mol. The minimum Gasteiger partial charge on any atom is -0.241 e. The van der Waals surface area contributed by atoms with Gasteiger partial charge in [0.15, 0.2) is 0 Å². The van der Waals surface area contributed by atoms with Gasteiger partial charge in [-0.25, -0.2) is 18.7 Å². The van der Waals surface area contributed by atoms with Crippen LogP contribution in [0, 0.1) is 11.6 Å². The summed E-state index contributed by atoms with van der Waals surface area (Å²) in [4.78, 5) is 8.25. The van der Waals surface area contributed by atoms with Crippen LogP contribution in [0.1, 0.15) is 5.82 Å². The first-order valence-electron chi connectivity index (χ1n) is 5.09. The van der Waals surface area contributed by atoms with Crippen LogP contribution >= 0.6 is 12.6 Å². The van der Waals surface area contributed by atoms with Crippen molar-refractivity contribution in [2.24, 2.45) is 0 Å². The van der Waals surface area contributed by atoms with Crippen molar-refractivity contribution in [1.29, 1.82) is 0 Å². The molecule has 1 heterocycles. The van der Waals surface area contributed by atoms with Crippen molar-refractivity contribution in [3.63, 3.8) is 0 Å². The molecule has 2 rings (SSSR count). The van der Waals surface area contributed by atoms with Crippen LogP contribution in [0.25, 0.3) is 11.3 Å². The Balaban J connectivity index is 2.42. The summed E-state index contributed by atoms with van der Waals surface area (Å²) in [5.74, 6) is -0.00680. The summed E-state index contributed by atoms with van der Waals surface area (Å²) >= 11 is 4.08. The molecule has 17 heavy (non-hydrogen) atoms. The minimum atomic E-state index is -0.625. The summed E-state index contributed by atoms with van der Waals surface area (Å²) in [7, 11) is 0. The number of aromatic nitrogens is 2. The van der Waals surface area contributed by atoms with Gasteiger partial charge in [-0.05, 0) is 24.0 Å². The number of rotatable bonds is 3. The summed E-state index contributed by atoms with van der Waals surface area (Å²) < 4.78 is 26.3. The molecule has 5 heteroatoms. The Morgan fingerprint density at radius 1 is 1.18 bits per heavy atom. The largest absolute Gasteiger partial charge is 0.241 e. The van der Waals surface area contributed by atoms with Gasteiger partial charge in [-0.3, -0.25) is 0 Å². The van der Waals surface area contributed by atoms with Crippen LogP contribution < -0.4 is 0 Å². The Morgan fingerprint density at radius 3 is 2.71 bits per heavy atom. The lowest BCUT2D eigenvalue weighted by Crippen LogP contribution is -1.98. The van der Waals surface area contributed by atoms with Crippen LogP contribution in [0.4, 0.5) is 8.78 Å². The Bertz CT molecular complexity index is 532. The van der Waals surface area contributed by atoms with Crippen LogP contribution in [0.5, 0.6) is 0 Å². The fraction of sp³-hybridized carbons (Fsp3) is 0.167. The summed E-state index contributed by atoms with van der Waals surface area (Å²) in [6.45, 7) is 0. The number of hydrogen-bond acceptors (Lipinski definition) is 3. The third kappa shape index (κ3) is 2.79. The molecular formula is C12H10F2N2S. The Morgan fingerprint density at radius 2 is 2.00 bits per heavy atom. The minimum absolute atomic E-state index is 0.272. The summed E-state index contributed by atoms with van der Waals surface area (Å²) in [6, 6.07) is 5.02. The highest BCUT2D eigenvalue weighted by Gasteiger charge is 2.08. The van der Waals surface area contributed by atoms with Gasteiger partial charge in [0, 0.05) is 24.2 Å². The molecule has 2 aromatic rings. The van der Waals surface area contributed by atoms with Crippen molar-refractivity contribution in [2.75, 3.05) is 5.75 Å². The zero-order valence-electron chi connectivity index (χ0n) is 8.90. The Hall–Kier alpha value is -1.49. The molecule has 0 spiro atoms. The molecule has 0 N–H and O–H groups in total. The van der Waals surface area contributed by atoms with Gasteiger partial charge in [0.2, 0.25) is 0 Å². The second kappa shape index (κ2) is 5.23. The molecule has 0 radical (unpaired) electrons. The topological polar surface area (TPSA) is 25.8 Å². The number of thiol groups is 1. The predicted octanol–water partition coefficient (Wildman–Crippen LogP) is 2.89. The fourth-order valence-electron chi connectivity index (χ4n) is 1.47. The maximum atomic E-state index is 13.5. The molecule has 1 aromatic heterocycles. The van der Waals surface area contributed by atoms with Crippen molar-refractivity contribution >= 4 is 12.6 Å². The van der Waals surface area contributed by atoms with E-state index >= 15 is 0 Å². The van der Waals surface area contributed by atoms with Crippen LogP contribution in [-0.2, 0) is 6.42 Å². The van der Waals surface area contributed by atoms with E-state index in [1.807, 2.05) is 0 Å². The lowest BCUT2D eigenvalue weighted by molar-refractivity contribution is 0.585. The highest BCUT2D eigenvalue weighted by Crippen LogP contribution is 2.21. The van der Waals surface area contributed by atoms with E-state index in [9.17, 15) is 8.78 Å². The molecule has 88 valence electrons. The van der Waals surface area contributed by atoms with Crippen LogP contribution in [0.3, 0.4) is 0 Å². The summed E-state index contributed by atoms with van der Waals surface area (Å²) in [5.41, 5.74) is 0.725. The van der Waals surface area contributed by atoms with Crippen LogP contribution in [0.2, 0.25) is 0 Å². The van der Waals surface area contributed by atoms with Crippen molar-refractivity contribution in [3.8, 4) is 11.3 Å². The summed E-state index contributed by atoms with van der Waals surface area (Å²) in [5, 5.41) is 0. The van der Waals surface area contributed by atoms with E-state index in [4.69, 9.17) is 0 Å². The van der Waals surface area contributed by atoms with Gasteiger partial charge >= 0.3 is 0 Å². The smallest absolute Gasteiger partial charge is 0.135 e. The van der Waals surface area contributed by atoms with E-state index in [-0.39, 0.29) is 5.56 Å². The molecule has 0 aliphatic carbocycles. The molecule has 2 nitrogen and oxygen atoms in total. The van der Waals surface area contributed by atoms with E-state index in [0.29, 0.717) is 23.7 Å². The lowest BCUT2D eigenvalue weighted by Gasteiger charge is -2.04. The second-order valence-electron chi connectivity index (χ2n) is 3.46. The third-order valence-electron chi connectivity index (χ3n) is 2.25. The number of benzene rings is 1. The van der Waals surface area contributed by atoms with E-state index in [0.717, 1.165) is 6.07 Å². The van der Waals surface area contributed by atoms with Crippen molar-refractivity contribution in [3.05, 3.63) is 47.9 Å². The molecule has 0 saturated carbocycles. The normalized spacial score (nSPS) is 10.5. The zero-order valence-corrected chi connectivity index (χ0v) is 9.79. The SMILES string of the molecule is Fc1ccc(-c2ccnc(CCS)n2)c(F)c1. The molecule has 1 aromatic carbocycles. The van der Waals surface area contributed by atoms with E-state index < -0.39 is 11.6 Å². The highest BCUT2D eigenvalue weighted by atomic mass is 32.1. The van der Waals surface area contributed by atoms with Crippen LogP contribution in [0.15, 0.2) is 30.5 Å². The number of hydrogen-bond donors (Lipinski definition) is 1. The first kappa shape index (κ1) is 12.0. The van der Waals surface area contributed by atoms with Crippen molar-refractivity contribution in [1.82, 2.24) is 9.97 Å². The van der Waals surface area contributed by atoms with E-state index in [1.165, 1.54) is 12.1 Å². The highest BCUT2D eigenvalue weighted by molar-refractivity contribution is 7.80. The molecular weight excluding hydrogens is 242 g/mol. The van der Waals surface area contributed by atoms with Crippen molar-refractivity contribution in [2.45, 2.75) is 6.42 Å². The molecule has 0 atom stereocenters. The Kier molecular flexibility index (Phi) is 3.68. The standard InChI is InChI=1S/C12H10F2N2S/c13-8-1-2-9(10(14)7-8)11-3-5-15-12(16-11)4-6-17/h1-3,5,7,17H,4,6H2. The first-order valence-corrected chi connectivity index (χ1v) is 5.72. The molecule has 0 unspecified atom stereocenters. The molecule has 0 saturated heterocycles. The number of halogens is 2. The van der Waals surface area contributed by atoms with Gasteiger partial charge < -0.3 is 0 Å². The van der Waals surface area contributed by atoms with E-state index in [2.05, 4.69) is 22.6 Å². The quantitative estimate of drug-likeness (QED) is 0.850. The maximum Gasteiger partial charge on any atom is 0.135 e. The van der Waals surface area contributed by atoms with Gasteiger partial charge in [-0.15, -0.1) is 0 Å². The molecule has 0 aliphatic rings. The van der Waals surface area contributed by atoms with Gasteiger partial charge in [-0.2, -0.15) is 12.6 Å². The average molecular weight is 252 g/mol. The predicted molar refractivity (Wildman–Crippen MR) is 64.9 cm³/mol. The van der Waals surface area contributed by atoms with Crippen LogP contribution in [-0.4, -0.2) is 15.7 Å². The fourth-order valence-corrected chi connectivity index (χ4v) is 1.67. The lowest BCUT2D eigenvalue weighted by atomic mass is 10.1. The van der Waals surface area contributed by atoms with Crippen molar-refractivity contribution < 1.29 is 8.78 Å². The zero-order chi connectivity index (χ0) is 12.3. The number of aryl methyl sites for hydroxylation is 1. The van der Waals surface area contributed by atoms with Gasteiger partial charge in [0.1, 0.15) is 17.5 Å². The Labute approximate surface area is 103 Å². The van der Waals surface area contributed by atoms with E-state index in [1.54, 1.807) is 12.3 Å². The number of nitrogens with zero attached hydrogens (tertiary/aromatic N) is 2. The van der Waals surface area contributed by atoms with Gasteiger partial charge in [0.25, 0.3) is 0 Å². The molecule has 0 amide bonds. The average Bonchev–Trinajstić information content (AvgIpc) is 2.29. The maximum absolute atomic E-state index is 13.5.